The molecule has 100 valence electrons. The van der Waals surface area contributed by atoms with Gasteiger partial charge >= 0.3 is 0 Å². The molecule has 0 heterocycles. The van der Waals surface area contributed by atoms with Crippen molar-refractivity contribution in [3.63, 3.8) is 0 Å². The van der Waals surface area contributed by atoms with Gasteiger partial charge in [-0.05, 0) is 59.0 Å². The lowest BCUT2D eigenvalue weighted by Crippen LogP contribution is -2.12. The SMILES string of the molecule is COc1ccc(C(=O)Nc2cccc(C#N)c2)cc1I. The maximum absolute atomic E-state index is 12.1. The van der Waals surface area contributed by atoms with Crippen LogP contribution in [-0.2, 0) is 0 Å². The number of amides is 1. The Hall–Kier alpha value is -2.07. The minimum atomic E-state index is -0.222. The van der Waals surface area contributed by atoms with Crippen LogP contribution in [0.5, 0.6) is 5.75 Å². The molecule has 2 aromatic carbocycles. The first-order valence-electron chi connectivity index (χ1n) is 5.79. The van der Waals surface area contributed by atoms with E-state index in [2.05, 4.69) is 27.9 Å². The fourth-order valence-corrected chi connectivity index (χ4v) is 2.41. The quantitative estimate of drug-likeness (QED) is 0.833. The summed E-state index contributed by atoms with van der Waals surface area (Å²) < 4.78 is 6.02. The number of anilines is 1. The van der Waals surface area contributed by atoms with Crippen LogP contribution < -0.4 is 10.1 Å². The smallest absolute Gasteiger partial charge is 0.255 e. The maximum Gasteiger partial charge on any atom is 0.255 e. The highest BCUT2D eigenvalue weighted by molar-refractivity contribution is 14.1. The summed E-state index contributed by atoms with van der Waals surface area (Å²) in [6.07, 6.45) is 0. The largest absolute Gasteiger partial charge is 0.496 e. The van der Waals surface area contributed by atoms with Gasteiger partial charge < -0.3 is 10.1 Å². The highest BCUT2D eigenvalue weighted by Gasteiger charge is 2.09. The number of halogens is 1. The van der Waals surface area contributed by atoms with E-state index in [9.17, 15) is 4.79 Å². The Labute approximate surface area is 130 Å². The molecule has 0 aromatic heterocycles. The number of nitrogens with one attached hydrogen (secondary N) is 1. The molecule has 2 aromatic rings. The van der Waals surface area contributed by atoms with Crippen LogP contribution in [0.3, 0.4) is 0 Å². The molecule has 0 aliphatic carbocycles. The summed E-state index contributed by atoms with van der Waals surface area (Å²) in [6.45, 7) is 0. The molecule has 0 radical (unpaired) electrons. The molecule has 1 amide bonds. The third-order valence-electron chi connectivity index (χ3n) is 2.66. The zero-order valence-corrected chi connectivity index (χ0v) is 12.8. The molecule has 0 unspecified atom stereocenters. The second-order valence-electron chi connectivity index (χ2n) is 4.00. The second kappa shape index (κ2) is 6.39. The lowest BCUT2D eigenvalue weighted by atomic mass is 10.2. The number of nitriles is 1. The third kappa shape index (κ3) is 3.27. The van der Waals surface area contributed by atoms with Crippen molar-refractivity contribution in [1.82, 2.24) is 0 Å². The van der Waals surface area contributed by atoms with Crippen molar-refractivity contribution in [2.24, 2.45) is 0 Å². The van der Waals surface area contributed by atoms with Crippen molar-refractivity contribution in [1.29, 1.82) is 5.26 Å². The predicted molar refractivity (Wildman–Crippen MR) is 84.8 cm³/mol. The zero-order valence-electron chi connectivity index (χ0n) is 10.7. The monoisotopic (exact) mass is 378 g/mol. The van der Waals surface area contributed by atoms with E-state index in [1.807, 2.05) is 6.07 Å². The highest BCUT2D eigenvalue weighted by Crippen LogP contribution is 2.22. The summed E-state index contributed by atoms with van der Waals surface area (Å²) in [5.74, 6) is 0.509. The lowest BCUT2D eigenvalue weighted by molar-refractivity contribution is 0.102. The minimum Gasteiger partial charge on any atom is -0.496 e. The molecule has 0 fully saturated rings. The number of hydrogen-bond acceptors (Lipinski definition) is 3. The van der Waals surface area contributed by atoms with Crippen molar-refractivity contribution in [2.45, 2.75) is 0 Å². The number of hydrogen-bond donors (Lipinski definition) is 1. The van der Waals surface area contributed by atoms with Gasteiger partial charge in [-0.25, -0.2) is 0 Å². The summed E-state index contributed by atoms with van der Waals surface area (Å²) in [5, 5.41) is 11.6. The van der Waals surface area contributed by atoms with Gasteiger partial charge in [-0.2, -0.15) is 5.26 Å². The number of methoxy groups -OCH3 is 1. The van der Waals surface area contributed by atoms with E-state index in [1.165, 1.54) is 0 Å². The zero-order chi connectivity index (χ0) is 14.5. The number of carbonyl (C=O) groups excluding carboxylic acids is 1. The van der Waals surface area contributed by atoms with Gasteiger partial charge in [-0.3, -0.25) is 4.79 Å². The van der Waals surface area contributed by atoms with Gasteiger partial charge in [0.15, 0.2) is 0 Å². The van der Waals surface area contributed by atoms with Crippen LogP contribution >= 0.6 is 22.6 Å². The van der Waals surface area contributed by atoms with Crippen molar-refractivity contribution in [3.05, 3.63) is 57.2 Å². The molecule has 0 saturated carbocycles. The number of benzene rings is 2. The molecule has 0 bridgehead atoms. The molecule has 0 spiro atoms. The van der Waals surface area contributed by atoms with Crippen molar-refractivity contribution in [3.8, 4) is 11.8 Å². The summed E-state index contributed by atoms with van der Waals surface area (Å²) in [7, 11) is 1.59. The van der Waals surface area contributed by atoms with E-state index >= 15 is 0 Å². The van der Waals surface area contributed by atoms with E-state index in [1.54, 1.807) is 49.6 Å². The van der Waals surface area contributed by atoms with Gasteiger partial charge in [0.1, 0.15) is 5.75 Å². The number of carbonyl (C=O) groups is 1. The van der Waals surface area contributed by atoms with E-state index in [0.29, 0.717) is 16.8 Å². The Morgan fingerprint density at radius 1 is 1.30 bits per heavy atom. The number of rotatable bonds is 3. The van der Waals surface area contributed by atoms with Crippen molar-refractivity contribution in [2.75, 3.05) is 12.4 Å². The van der Waals surface area contributed by atoms with E-state index in [0.717, 1.165) is 9.32 Å². The Balaban J connectivity index is 2.19. The Morgan fingerprint density at radius 2 is 2.10 bits per heavy atom. The summed E-state index contributed by atoms with van der Waals surface area (Å²) in [5.41, 5.74) is 1.64. The molecule has 0 aliphatic heterocycles. The molecule has 1 N–H and O–H groups in total. The van der Waals surface area contributed by atoms with Crippen LogP contribution in [0.2, 0.25) is 0 Å². The van der Waals surface area contributed by atoms with Gasteiger partial charge in [-0.1, -0.05) is 6.07 Å². The molecular formula is C15H11IN2O2. The second-order valence-corrected chi connectivity index (χ2v) is 5.16. The first-order chi connectivity index (χ1) is 9.63. The summed E-state index contributed by atoms with van der Waals surface area (Å²) >= 11 is 2.11. The average Bonchev–Trinajstić information content (AvgIpc) is 2.47. The van der Waals surface area contributed by atoms with Crippen molar-refractivity contribution >= 4 is 34.2 Å². The van der Waals surface area contributed by atoms with Crippen molar-refractivity contribution < 1.29 is 9.53 Å². The third-order valence-corrected chi connectivity index (χ3v) is 3.51. The Morgan fingerprint density at radius 3 is 2.75 bits per heavy atom. The Kier molecular flexibility index (Phi) is 4.58. The lowest BCUT2D eigenvalue weighted by Gasteiger charge is -2.08. The van der Waals surface area contributed by atoms with Gasteiger partial charge in [0.25, 0.3) is 5.91 Å². The van der Waals surface area contributed by atoms with E-state index < -0.39 is 0 Å². The van der Waals surface area contributed by atoms with E-state index in [-0.39, 0.29) is 5.91 Å². The van der Waals surface area contributed by atoms with Crippen LogP contribution in [0.25, 0.3) is 0 Å². The van der Waals surface area contributed by atoms with Crippen LogP contribution in [0.1, 0.15) is 15.9 Å². The van der Waals surface area contributed by atoms with Crippen LogP contribution in [0.15, 0.2) is 42.5 Å². The van der Waals surface area contributed by atoms with E-state index in [4.69, 9.17) is 10.00 Å². The molecular weight excluding hydrogens is 367 g/mol. The topological polar surface area (TPSA) is 62.1 Å². The minimum absolute atomic E-state index is 0.222. The molecule has 0 atom stereocenters. The maximum atomic E-state index is 12.1. The molecule has 0 aliphatic rings. The average molecular weight is 378 g/mol. The number of ether oxygens (including phenoxy) is 1. The first-order valence-corrected chi connectivity index (χ1v) is 6.87. The van der Waals surface area contributed by atoms with Crippen LogP contribution in [0.4, 0.5) is 5.69 Å². The number of nitrogens with zero attached hydrogens (tertiary/aromatic N) is 1. The van der Waals surface area contributed by atoms with Crippen LogP contribution in [-0.4, -0.2) is 13.0 Å². The molecule has 20 heavy (non-hydrogen) atoms. The van der Waals surface area contributed by atoms with Gasteiger partial charge in [0, 0.05) is 11.3 Å². The summed E-state index contributed by atoms with van der Waals surface area (Å²) in [6, 6.07) is 14.0. The van der Waals surface area contributed by atoms with Crippen LogP contribution in [0, 0.1) is 14.9 Å². The van der Waals surface area contributed by atoms with Gasteiger partial charge in [0.2, 0.25) is 0 Å². The summed E-state index contributed by atoms with van der Waals surface area (Å²) in [4.78, 5) is 12.1. The molecule has 4 nitrogen and oxygen atoms in total. The molecule has 5 heteroatoms. The normalized spacial score (nSPS) is 9.65. The fourth-order valence-electron chi connectivity index (χ4n) is 1.68. The standard InChI is InChI=1S/C15H11IN2O2/c1-20-14-6-5-11(8-13(14)16)15(19)18-12-4-2-3-10(7-12)9-17/h2-8H,1H3,(H,18,19). The Bertz CT molecular complexity index is 693. The predicted octanol–water partition coefficient (Wildman–Crippen LogP) is 3.42. The highest BCUT2D eigenvalue weighted by atomic mass is 127. The first kappa shape index (κ1) is 14.3. The molecule has 2 rings (SSSR count). The van der Waals surface area contributed by atoms with Gasteiger partial charge in [-0.15, -0.1) is 0 Å². The fraction of sp³-hybridized carbons (Fsp3) is 0.0667. The van der Waals surface area contributed by atoms with Gasteiger partial charge in [0.05, 0.1) is 22.3 Å². The molecule has 0 saturated heterocycles.